The van der Waals surface area contributed by atoms with Gasteiger partial charge in [-0.25, -0.2) is 0 Å². The average Bonchev–Trinajstić information content (AvgIpc) is 2.30. The number of aromatic amines is 1. The molecule has 0 spiro atoms. The third kappa shape index (κ3) is 1.90. The molecule has 1 atom stereocenters. The maximum absolute atomic E-state index is 4.15. The van der Waals surface area contributed by atoms with Crippen molar-refractivity contribution in [1.82, 2.24) is 4.98 Å². The van der Waals surface area contributed by atoms with Crippen molar-refractivity contribution in [1.29, 1.82) is 0 Å². The van der Waals surface area contributed by atoms with Gasteiger partial charge in [0.1, 0.15) is 0 Å². The average molecular weight is 164 g/mol. The summed E-state index contributed by atoms with van der Waals surface area (Å²) >= 11 is 0. The smallest absolute Gasteiger partial charge is 0.0153 e. The van der Waals surface area contributed by atoms with Crippen LogP contribution in [-0.4, -0.2) is 4.98 Å². The van der Waals surface area contributed by atoms with Crippen LogP contribution in [0.4, 0.5) is 0 Å². The third-order valence-electron chi connectivity index (χ3n) is 2.27. The molecule has 12 heavy (non-hydrogen) atoms. The van der Waals surface area contributed by atoms with Crippen molar-refractivity contribution in [3.05, 3.63) is 29.9 Å². The summed E-state index contributed by atoms with van der Waals surface area (Å²) < 4.78 is 0. The molecule has 0 aromatic carbocycles. The highest BCUT2D eigenvalue weighted by molar-refractivity contribution is 5.28. The molecule has 1 unspecified atom stereocenters. The van der Waals surface area contributed by atoms with E-state index in [1.807, 2.05) is 0 Å². The van der Waals surface area contributed by atoms with Gasteiger partial charge in [-0.05, 0) is 44.7 Å². The molecule has 1 radical (unpaired) electrons. The van der Waals surface area contributed by atoms with E-state index in [1.165, 1.54) is 29.8 Å². The zero-order chi connectivity index (χ0) is 9.14. The number of nitrogens with one attached hydrogen (secondary N) is 1. The summed E-state index contributed by atoms with van der Waals surface area (Å²) in [5.74, 6) is 0.458. The number of aryl methyl sites for hydroxylation is 2. The lowest BCUT2D eigenvalue weighted by Crippen LogP contribution is -1.93. The van der Waals surface area contributed by atoms with E-state index in [2.05, 4.69) is 38.7 Å². The molecule has 0 saturated carbocycles. The Morgan fingerprint density at radius 2 is 2.17 bits per heavy atom. The Bertz CT molecular complexity index is 248. The molecular formula is C11H18N. The molecule has 1 aromatic heterocycles. The topological polar surface area (TPSA) is 15.8 Å². The summed E-state index contributed by atoms with van der Waals surface area (Å²) in [5, 5.41) is 0. The molecule has 0 fully saturated rings. The van der Waals surface area contributed by atoms with Crippen molar-refractivity contribution in [3.63, 3.8) is 0 Å². The predicted octanol–water partition coefficient (Wildman–Crippen LogP) is 3.35. The molecule has 0 amide bonds. The highest BCUT2D eigenvalue weighted by Crippen LogP contribution is 2.23. The summed E-state index contributed by atoms with van der Waals surface area (Å²) in [6.07, 6.45) is 2.38. The second-order valence-electron chi connectivity index (χ2n) is 3.52. The number of H-pyrrole nitrogens is 1. The van der Waals surface area contributed by atoms with Crippen molar-refractivity contribution < 1.29 is 0 Å². The van der Waals surface area contributed by atoms with Crippen molar-refractivity contribution in [2.45, 2.75) is 39.5 Å². The monoisotopic (exact) mass is 164 g/mol. The van der Waals surface area contributed by atoms with Gasteiger partial charge in [-0.1, -0.05) is 13.3 Å². The Balaban J connectivity index is 2.79. The fraction of sp³-hybridized carbons (Fsp3) is 0.545. The normalized spacial score (nSPS) is 13.3. The maximum Gasteiger partial charge on any atom is 0.0153 e. The summed E-state index contributed by atoms with van der Waals surface area (Å²) in [6, 6.07) is 2.21. The summed E-state index contributed by atoms with van der Waals surface area (Å²) in [5.41, 5.74) is 3.91. The molecular weight excluding hydrogens is 146 g/mol. The largest absolute Gasteiger partial charge is 0.362 e. The van der Waals surface area contributed by atoms with Crippen LogP contribution < -0.4 is 0 Å². The Morgan fingerprint density at radius 3 is 2.58 bits per heavy atom. The number of aromatic nitrogens is 1. The first-order valence-electron chi connectivity index (χ1n) is 4.64. The van der Waals surface area contributed by atoms with Gasteiger partial charge in [0.05, 0.1) is 0 Å². The van der Waals surface area contributed by atoms with E-state index in [0.717, 1.165) is 0 Å². The second-order valence-corrected chi connectivity index (χ2v) is 3.52. The van der Waals surface area contributed by atoms with Gasteiger partial charge >= 0.3 is 0 Å². The molecule has 0 aliphatic carbocycles. The van der Waals surface area contributed by atoms with Crippen molar-refractivity contribution in [2.75, 3.05) is 0 Å². The van der Waals surface area contributed by atoms with Crippen molar-refractivity contribution in [3.8, 4) is 0 Å². The number of hydrogen-bond donors (Lipinski definition) is 1. The Morgan fingerprint density at radius 1 is 1.50 bits per heavy atom. The quantitative estimate of drug-likeness (QED) is 0.705. The first-order valence-corrected chi connectivity index (χ1v) is 4.64. The number of rotatable bonds is 3. The fourth-order valence-electron chi connectivity index (χ4n) is 1.67. The van der Waals surface area contributed by atoms with E-state index in [0.29, 0.717) is 5.92 Å². The lowest BCUT2D eigenvalue weighted by molar-refractivity contribution is 0.711. The minimum Gasteiger partial charge on any atom is -0.362 e. The summed E-state index contributed by atoms with van der Waals surface area (Å²) in [6.45, 7) is 10.6. The van der Waals surface area contributed by atoms with E-state index in [-0.39, 0.29) is 0 Å². The molecule has 1 rings (SSSR count). The second kappa shape index (κ2) is 3.79. The fourth-order valence-corrected chi connectivity index (χ4v) is 1.67. The van der Waals surface area contributed by atoms with E-state index in [1.54, 1.807) is 0 Å². The first kappa shape index (κ1) is 9.37. The van der Waals surface area contributed by atoms with Gasteiger partial charge in [-0.2, -0.15) is 0 Å². The first-order chi connectivity index (χ1) is 5.65. The van der Waals surface area contributed by atoms with E-state index < -0.39 is 0 Å². The van der Waals surface area contributed by atoms with Gasteiger partial charge in [0.25, 0.3) is 0 Å². The zero-order valence-electron chi connectivity index (χ0n) is 8.28. The van der Waals surface area contributed by atoms with Crippen LogP contribution in [-0.2, 0) is 0 Å². The Hall–Kier alpha value is -0.720. The van der Waals surface area contributed by atoms with Gasteiger partial charge < -0.3 is 4.98 Å². The van der Waals surface area contributed by atoms with Crippen LogP contribution >= 0.6 is 0 Å². The summed E-state index contributed by atoms with van der Waals surface area (Å²) in [7, 11) is 0. The van der Waals surface area contributed by atoms with E-state index in [4.69, 9.17) is 0 Å². The lowest BCUT2D eigenvalue weighted by Gasteiger charge is -2.08. The molecule has 1 N–H and O–H groups in total. The molecule has 0 aliphatic heterocycles. The Kier molecular flexibility index (Phi) is 2.96. The minimum absolute atomic E-state index is 0.458. The van der Waals surface area contributed by atoms with Crippen molar-refractivity contribution >= 4 is 0 Å². The van der Waals surface area contributed by atoms with Gasteiger partial charge in [0.15, 0.2) is 0 Å². The van der Waals surface area contributed by atoms with Crippen LogP contribution in [0.3, 0.4) is 0 Å². The van der Waals surface area contributed by atoms with Gasteiger partial charge in [-0.3, -0.25) is 0 Å². The molecule has 1 heteroatoms. The minimum atomic E-state index is 0.458. The molecule has 0 saturated heterocycles. The van der Waals surface area contributed by atoms with Crippen molar-refractivity contribution in [2.24, 2.45) is 0 Å². The molecule has 1 aromatic rings. The Labute approximate surface area is 75.2 Å². The third-order valence-corrected chi connectivity index (χ3v) is 2.27. The SMILES string of the molecule is [CH2]C(CCC)c1cc(C)[nH]c1C. The van der Waals surface area contributed by atoms with Gasteiger partial charge in [-0.15, -0.1) is 0 Å². The summed E-state index contributed by atoms with van der Waals surface area (Å²) in [4.78, 5) is 3.31. The molecule has 0 bridgehead atoms. The maximum atomic E-state index is 4.15. The van der Waals surface area contributed by atoms with Crippen LogP contribution in [0.1, 0.15) is 42.6 Å². The molecule has 1 nitrogen and oxygen atoms in total. The highest BCUT2D eigenvalue weighted by Gasteiger charge is 2.09. The van der Waals surface area contributed by atoms with Gasteiger partial charge in [0.2, 0.25) is 0 Å². The van der Waals surface area contributed by atoms with Crippen LogP contribution in [0.25, 0.3) is 0 Å². The van der Waals surface area contributed by atoms with E-state index >= 15 is 0 Å². The predicted molar refractivity (Wildman–Crippen MR) is 53.3 cm³/mol. The van der Waals surface area contributed by atoms with Crippen LogP contribution in [0, 0.1) is 20.8 Å². The lowest BCUT2D eigenvalue weighted by atomic mass is 9.97. The number of hydrogen-bond acceptors (Lipinski definition) is 0. The van der Waals surface area contributed by atoms with Crippen LogP contribution in [0.5, 0.6) is 0 Å². The molecule has 0 aliphatic rings. The highest BCUT2D eigenvalue weighted by atomic mass is 14.7. The zero-order valence-corrected chi connectivity index (χ0v) is 8.28. The van der Waals surface area contributed by atoms with E-state index in [9.17, 15) is 0 Å². The standard InChI is InChI=1S/C11H18N/c1-5-6-8(2)11-7-9(3)12-10(11)4/h7-8,12H,2,5-6H2,1,3-4H3. The van der Waals surface area contributed by atoms with Crippen LogP contribution in [0.2, 0.25) is 0 Å². The molecule has 1 heterocycles. The van der Waals surface area contributed by atoms with Gasteiger partial charge in [0, 0.05) is 11.4 Å². The van der Waals surface area contributed by atoms with Crippen LogP contribution in [0.15, 0.2) is 6.07 Å². The molecule has 67 valence electrons.